The van der Waals surface area contributed by atoms with Crippen molar-refractivity contribution in [3.63, 3.8) is 0 Å². The minimum atomic E-state index is -3.15. The largest absolute Gasteiger partial charge is 0.497 e. The average molecular weight is 353 g/mol. The van der Waals surface area contributed by atoms with E-state index >= 15 is 0 Å². The number of piperidine rings is 1. The van der Waals surface area contributed by atoms with Crippen LogP contribution in [-0.4, -0.2) is 51.9 Å². The first-order valence-corrected chi connectivity index (χ1v) is 10.5. The standard InChI is InChI=1S/C18H27NO4S/c1-22-17-7-5-14(6-8-17)11-16-12-19(24(2,20)21)10-9-18(16)23-13-15-3-4-15/h5-8,15-16,18H,3-4,9-13H2,1-2H3/t16-,18+/m0/s1. The van der Waals surface area contributed by atoms with Gasteiger partial charge in [-0.25, -0.2) is 12.7 Å². The SMILES string of the molecule is COc1ccc(C[C@H]2CN(S(C)(=O)=O)CC[C@H]2OCC2CC2)cc1. The maximum atomic E-state index is 11.9. The molecule has 1 aromatic carbocycles. The zero-order valence-corrected chi connectivity index (χ0v) is 15.3. The van der Waals surface area contributed by atoms with Gasteiger partial charge in [0.05, 0.1) is 19.5 Å². The third kappa shape index (κ3) is 4.71. The molecule has 134 valence electrons. The normalized spacial score (nSPS) is 25.6. The van der Waals surface area contributed by atoms with Crippen molar-refractivity contribution in [2.45, 2.75) is 31.8 Å². The first kappa shape index (κ1) is 17.7. The Morgan fingerprint density at radius 2 is 1.88 bits per heavy atom. The topological polar surface area (TPSA) is 55.8 Å². The molecular weight excluding hydrogens is 326 g/mol. The fourth-order valence-electron chi connectivity index (χ4n) is 3.30. The molecule has 1 saturated carbocycles. The van der Waals surface area contributed by atoms with Crippen LogP contribution in [0.3, 0.4) is 0 Å². The minimum Gasteiger partial charge on any atom is -0.497 e. The van der Waals surface area contributed by atoms with Crippen LogP contribution in [0.2, 0.25) is 0 Å². The average Bonchev–Trinajstić information content (AvgIpc) is 3.38. The summed E-state index contributed by atoms with van der Waals surface area (Å²) in [5, 5.41) is 0. The first-order valence-electron chi connectivity index (χ1n) is 8.65. The molecule has 1 aromatic rings. The molecule has 0 N–H and O–H groups in total. The summed E-state index contributed by atoms with van der Waals surface area (Å²) in [4.78, 5) is 0. The van der Waals surface area contributed by atoms with E-state index in [-0.39, 0.29) is 12.0 Å². The van der Waals surface area contributed by atoms with Gasteiger partial charge in [-0.2, -0.15) is 0 Å². The van der Waals surface area contributed by atoms with E-state index < -0.39 is 10.0 Å². The number of benzene rings is 1. The number of nitrogens with zero attached hydrogens (tertiary/aromatic N) is 1. The molecule has 2 fully saturated rings. The molecule has 5 nitrogen and oxygen atoms in total. The first-order chi connectivity index (χ1) is 11.5. The fourth-order valence-corrected chi connectivity index (χ4v) is 4.20. The van der Waals surface area contributed by atoms with Gasteiger partial charge in [-0.3, -0.25) is 0 Å². The molecule has 1 aliphatic heterocycles. The minimum absolute atomic E-state index is 0.144. The van der Waals surface area contributed by atoms with E-state index in [1.807, 2.05) is 12.1 Å². The Kier molecular flexibility index (Phi) is 5.47. The van der Waals surface area contributed by atoms with Crippen LogP contribution >= 0.6 is 0 Å². The molecule has 1 heterocycles. The van der Waals surface area contributed by atoms with Crippen LogP contribution in [0, 0.1) is 11.8 Å². The summed E-state index contributed by atoms with van der Waals surface area (Å²) in [6, 6.07) is 8.01. The van der Waals surface area contributed by atoms with Gasteiger partial charge >= 0.3 is 0 Å². The van der Waals surface area contributed by atoms with Crippen molar-refractivity contribution in [3.05, 3.63) is 29.8 Å². The number of hydrogen-bond acceptors (Lipinski definition) is 4. The highest BCUT2D eigenvalue weighted by molar-refractivity contribution is 7.88. The molecular formula is C18H27NO4S. The third-order valence-electron chi connectivity index (χ3n) is 5.00. The van der Waals surface area contributed by atoms with Crippen LogP contribution in [-0.2, 0) is 21.2 Å². The summed E-state index contributed by atoms with van der Waals surface area (Å²) in [5.41, 5.74) is 1.19. The van der Waals surface area contributed by atoms with Crippen molar-refractivity contribution in [3.8, 4) is 5.75 Å². The van der Waals surface area contributed by atoms with Crippen LogP contribution in [0.25, 0.3) is 0 Å². The summed E-state index contributed by atoms with van der Waals surface area (Å²) in [6.45, 7) is 1.93. The van der Waals surface area contributed by atoms with E-state index in [0.29, 0.717) is 13.1 Å². The Labute approximate surface area is 145 Å². The van der Waals surface area contributed by atoms with Crippen molar-refractivity contribution in [2.24, 2.45) is 11.8 Å². The monoisotopic (exact) mass is 353 g/mol. The molecule has 2 atom stereocenters. The van der Waals surface area contributed by atoms with Crippen molar-refractivity contribution in [1.82, 2.24) is 4.31 Å². The predicted molar refractivity (Wildman–Crippen MR) is 93.7 cm³/mol. The van der Waals surface area contributed by atoms with E-state index in [0.717, 1.165) is 31.1 Å². The van der Waals surface area contributed by atoms with E-state index in [2.05, 4.69) is 12.1 Å². The number of rotatable bonds is 7. The van der Waals surface area contributed by atoms with Gasteiger partial charge in [0.15, 0.2) is 0 Å². The lowest BCUT2D eigenvalue weighted by Gasteiger charge is -2.37. The van der Waals surface area contributed by atoms with Gasteiger partial charge in [0.1, 0.15) is 5.75 Å². The van der Waals surface area contributed by atoms with Crippen LogP contribution < -0.4 is 4.74 Å². The van der Waals surface area contributed by atoms with Crippen molar-refractivity contribution < 1.29 is 17.9 Å². The highest BCUT2D eigenvalue weighted by Gasteiger charge is 2.35. The maximum Gasteiger partial charge on any atom is 0.211 e. The highest BCUT2D eigenvalue weighted by atomic mass is 32.2. The molecule has 3 rings (SSSR count). The highest BCUT2D eigenvalue weighted by Crippen LogP contribution is 2.32. The van der Waals surface area contributed by atoms with Gasteiger partial charge in [0, 0.05) is 25.6 Å². The lowest BCUT2D eigenvalue weighted by atomic mass is 9.89. The summed E-state index contributed by atoms with van der Waals surface area (Å²) in [7, 11) is -1.49. The number of methoxy groups -OCH3 is 1. The van der Waals surface area contributed by atoms with E-state index in [4.69, 9.17) is 9.47 Å². The summed E-state index contributed by atoms with van der Waals surface area (Å²) >= 11 is 0. The molecule has 6 heteroatoms. The number of hydrogen-bond donors (Lipinski definition) is 0. The second kappa shape index (κ2) is 7.42. The van der Waals surface area contributed by atoms with Gasteiger partial charge in [-0.1, -0.05) is 12.1 Å². The lowest BCUT2D eigenvalue weighted by Crippen LogP contribution is -2.47. The molecule has 24 heavy (non-hydrogen) atoms. The second-order valence-corrected chi connectivity index (χ2v) is 9.02. The fraction of sp³-hybridized carbons (Fsp3) is 0.667. The Morgan fingerprint density at radius 1 is 1.17 bits per heavy atom. The van der Waals surface area contributed by atoms with E-state index in [9.17, 15) is 8.42 Å². The molecule has 0 spiro atoms. The van der Waals surface area contributed by atoms with E-state index in [1.54, 1.807) is 11.4 Å². The van der Waals surface area contributed by atoms with Crippen LogP contribution in [0.15, 0.2) is 24.3 Å². The second-order valence-electron chi connectivity index (χ2n) is 7.04. The Morgan fingerprint density at radius 3 is 2.46 bits per heavy atom. The number of sulfonamides is 1. The van der Waals surface area contributed by atoms with Gasteiger partial charge in [0.25, 0.3) is 0 Å². The number of ether oxygens (including phenoxy) is 2. The molecule has 1 saturated heterocycles. The smallest absolute Gasteiger partial charge is 0.211 e. The lowest BCUT2D eigenvalue weighted by molar-refractivity contribution is -0.0231. The zero-order chi connectivity index (χ0) is 17.2. The van der Waals surface area contributed by atoms with Crippen LogP contribution in [0.1, 0.15) is 24.8 Å². The molecule has 1 aliphatic carbocycles. The molecule has 0 amide bonds. The maximum absolute atomic E-state index is 11.9. The van der Waals surface area contributed by atoms with Gasteiger partial charge in [-0.15, -0.1) is 0 Å². The molecule has 0 unspecified atom stereocenters. The zero-order valence-electron chi connectivity index (χ0n) is 14.5. The Balaban J connectivity index is 1.68. The summed E-state index contributed by atoms with van der Waals surface area (Å²) in [5.74, 6) is 1.75. The van der Waals surface area contributed by atoms with Crippen molar-refractivity contribution >= 4 is 10.0 Å². The third-order valence-corrected chi connectivity index (χ3v) is 6.27. The molecule has 0 aromatic heterocycles. The molecule has 2 aliphatic rings. The van der Waals surface area contributed by atoms with Gasteiger partial charge in [0.2, 0.25) is 10.0 Å². The van der Waals surface area contributed by atoms with Gasteiger partial charge < -0.3 is 9.47 Å². The Hall–Kier alpha value is -1.11. The van der Waals surface area contributed by atoms with E-state index in [1.165, 1.54) is 24.7 Å². The van der Waals surface area contributed by atoms with Crippen molar-refractivity contribution in [1.29, 1.82) is 0 Å². The van der Waals surface area contributed by atoms with Gasteiger partial charge in [-0.05, 0) is 49.3 Å². The summed E-state index contributed by atoms with van der Waals surface area (Å²) in [6.07, 6.45) is 5.58. The van der Waals surface area contributed by atoms with Crippen LogP contribution in [0.4, 0.5) is 0 Å². The van der Waals surface area contributed by atoms with Crippen LogP contribution in [0.5, 0.6) is 5.75 Å². The predicted octanol–water partition coefficient (Wildman–Crippen LogP) is 2.31. The Bertz CT molecular complexity index is 639. The molecule has 0 radical (unpaired) electrons. The van der Waals surface area contributed by atoms with Crippen molar-refractivity contribution in [2.75, 3.05) is 33.1 Å². The molecule has 0 bridgehead atoms. The quantitative estimate of drug-likeness (QED) is 0.755. The summed E-state index contributed by atoms with van der Waals surface area (Å²) < 4.78 is 36.8.